The number of nitro benzene ring substituents is 1. The lowest BCUT2D eigenvalue weighted by atomic mass is 10.1. The molecule has 0 amide bonds. The largest absolute Gasteiger partial charge is 0.399 e. The number of fused-ring (bicyclic) bond motifs is 1. The van der Waals surface area contributed by atoms with Gasteiger partial charge in [-0.2, -0.15) is 0 Å². The fourth-order valence-electron chi connectivity index (χ4n) is 3.42. The van der Waals surface area contributed by atoms with E-state index < -0.39 is 4.92 Å². The lowest BCUT2D eigenvalue weighted by Crippen LogP contribution is -2.35. The lowest BCUT2D eigenvalue weighted by Gasteiger charge is -2.27. The summed E-state index contributed by atoms with van der Waals surface area (Å²) in [6.45, 7) is 1.73. The number of non-ortho nitro benzene ring substituents is 1. The summed E-state index contributed by atoms with van der Waals surface area (Å²) in [7, 11) is 0. The third-order valence-electron chi connectivity index (χ3n) is 4.86. The van der Waals surface area contributed by atoms with E-state index >= 15 is 0 Å². The smallest absolute Gasteiger partial charge is 0.269 e. The van der Waals surface area contributed by atoms with Crippen LogP contribution in [0.5, 0.6) is 0 Å². The van der Waals surface area contributed by atoms with E-state index in [4.69, 9.17) is 5.73 Å². The first kappa shape index (κ1) is 17.9. The van der Waals surface area contributed by atoms with Gasteiger partial charge in [0.1, 0.15) is 5.82 Å². The van der Waals surface area contributed by atoms with Gasteiger partial charge in [-0.05, 0) is 29.8 Å². The summed E-state index contributed by atoms with van der Waals surface area (Å²) in [5.74, 6) is 0.538. The molecular weight excluding hydrogens is 358 g/mol. The lowest BCUT2D eigenvalue weighted by molar-refractivity contribution is -0.384. The van der Waals surface area contributed by atoms with E-state index in [1.165, 1.54) is 6.07 Å². The molecule has 2 aromatic carbocycles. The Morgan fingerprint density at radius 2 is 2.00 bits per heavy atom. The second-order valence-electron chi connectivity index (χ2n) is 6.85. The van der Waals surface area contributed by atoms with Crippen LogP contribution >= 0.6 is 0 Å². The Balaban J connectivity index is 1.56. The minimum atomic E-state index is -0.400. The summed E-state index contributed by atoms with van der Waals surface area (Å²) in [6.07, 6.45) is 0.649. The number of nitrogens with zero attached hydrogens (tertiary/aromatic N) is 3. The van der Waals surface area contributed by atoms with Crippen LogP contribution in [-0.4, -0.2) is 26.3 Å². The predicted octanol–water partition coefficient (Wildman–Crippen LogP) is 2.49. The van der Waals surface area contributed by atoms with E-state index in [-0.39, 0.29) is 11.2 Å². The predicted molar refractivity (Wildman–Crippen MR) is 106 cm³/mol. The van der Waals surface area contributed by atoms with Gasteiger partial charge >= 0.3 is 0 Å². The molecule has 0 bridgehead atoms. The van der Waals surface area contributed by atoms with Gasteiger partial charge in [0.05, 0.1) is 16.2 Å². The molecule has 142 valence electrons. The molecule has 0 aliphatic carbocycles. The van der Waals surface area contributed by atoms with Crippen molar-refractivity contribution >= 4 is 11.4 Å². The van der Waals surface area contributed by atoms with Crippen molar-refractivity contribution in [2.24, 2.45) is 0 Å². The minimum absolute atomic E-state index is 0.0718. The summed E-state index contributed by atoms with van der Waals surface area (Å²) in [5, 5.41) is 11.0. The normalized spacial score (nSPS) is 13.9. The molecule has 0 radical (unpaired) electrons. The molecule has 0 fully saturated rings. The van der Waals surface area contributed by atoms with Gasteiger partial charge in [-0.25, -0.2) is 4.98 Å². The first-order chi connectivity index (χ1) is 13.5. The molecule has 0 saturated carbocycles. The first-order valence-corrected chi connectivity index (χ1v) is 8.93. The summed E-state index contributed by atoms with van der Waals surface area (Å²) >= 11 is 0. The van der Waals surface area contributed by atoms with Crippen molar-refractivity contribution in [2.45, 2.75) is 19.5 Å². The number of hydrogen-bond donors (Lipinski definition) is 2. The van der Waals surface area contributed by atoms with Crippen LogP contribution in [-0.2, 0) is 19.5 Å². The molecular formula is C20H19N5O3. The molecule has 1 aromatic heterocycles. The van der Waals surface area contributed by atoms with Gasteiger partial charge in [-0.15, -0.1) is 0 Å². The van der Waals surface area contributed by atoms with Crippen LogP contribution in [0, 0.1) is 10.1 Å². The fraction of sp³-hybridized carbons (Fsp3) is 0.200. The molecule has 0 saturated heterocycles. The molecule has 8 heteroatoms. The van der Waals surface area contributed by atoms with Gasteiger partial charge in [0, 0.05) is 49.4 Å². The van der Waals surface area contributed by atoms with Crippen molar-refractivity contribution in [1.82, 2.24) is 14.9 Å². The highest BCUT2D eigenvalue weighted by Gasteiger charge is 2.22. The highest BCUT2D eigenvalue weighted by atomic mass is 16.6. The Morgan fingerprint density at radius 1 is 1.21 bits per heavy atom. The number of benzene rings is 2. The Hall–Kier alpha value is -3.52. The van der Waals surface area contributed by atoms with Crippen molar-refractivity contribution in [3.63, 3.8) is 0 Å². The molecule has 1 aliphatic heterocycles. The topological polar surface area (TPSA) is 118 Å². The SMILES string of the molecule is Nc1ccc(-c2nc3c(c(=O)[nH]2)CN(Cc2cccc([N+](=O)[O-])c2)CC3)cc1. The maximum absolute atomic E-state index is 12.6. The van der Waals surface area contributed by atoms with E-state index in [9.17, 15) is 14.9 Å². The molecule has 28 heavy (non-hydrogen) atoms. The zero-order valence-corrected chi connectivity index (χ0v) is 15.1. The zero-order chi connectivity index (χ0) is 19.7. The molecule has 4 rings (SSSR count). The van der Waals surface area contributed by atoms with E-state index in [2.05, 4.69) is 14.9 Å². The number of hydrogen-bond acceptors (Lipinski definition) is 6. The van der Waals surface area contributed by atoms with Crippen LogP contribution in [0.4, 0.5) is 11.4 Å². The molecule has 8 nitrogen and oxygen atoms in total. The van der Waals surface area contributed by atoms with Crippen LogP contribution in [0.3, 0.4) is 0 Å². The number of nitro groups is 1. The number of nitrogen functional groups attached to an aromatic ring is 1. The van der Waals surface area contributed by atoms with Crippen LogP contribution < -0.4 is 11.3 Å². The summed E-state index contributed by atoms with van der Waals surface area (Å²) < 4.78 is 0. The molecule has 2 heterocycles. The monoisotopic (exact) mass is 377 g/mol. The van der Waals surface area contributed by atoms with E-state index in [0.29, 0.717) is 36.6 Å². The second-order valence-corrected chi connectivity index (χ2v) is 6.85. The van der Waals surface area contributed by atoms with E-state index in [0.717, 1.165) is 23.4 Å². The average molecular weight is 377 g/mol. The Labute approximate surface area is 160 Å². The third-order valence-corrected chi connectivity index (χ3v) is 4.86. The first-order valence-electron chi connectivity index (χ1n) is 8.93. The molecule has 1 aliphatic rings. The Kier molecular flexibility index (Phi) is 4.62. The number of nitrogens with two attached hydrogens (primary N) is 1. The highest BCUT2D eigenvalue weighted by Crippen LogP contribution is 2.22. The van der Waals surface area contributed by atoms with Gasteiger partial charge in [-0.3, -0.25) is 19.8 Å². The quantitative estimate of drug-likeness (QED) is 0.410. The average Bonchev–Trinajstić information content (AvgIpc) is 2.69. The molecule has 0 unspecified atom stereocenters. The minimum Gasteiger partial charge on any atom is -0.399 e. The van der Waals surface area contributed by atoms with E-state index in [1.54, 1.807) is 24.3 Å². The molecule has 0 spiro atoms. The van der Waals surface area contributed by atoms with Crippen molar-refractivity contribution < 1.29 is 4.92 Å². The number of aromatic amines is 1. The fourth-order valence-corrected chi connectivity index (χ4v) is 3.42. The van der Waals surface area contributed by atoms with Gasteiger partial charge < -0.3 is 10.7 Å². The Bertz CT molecular complexity index is 1090. The van der Waals surface area contributed by atoms with E-state index in [1.807, 2.05) is 18.2 Å². The summed E-state index contributed by atoms with van der Waals surface area (Å²) in [5.41, 5.74) is 9.39. The van der Waals surface area contributed by atoms with Crippen molar-refractivity contribution in [3.8, 4) is 11.4 Å². The Morgan fingerprint density at radius 3 is 2.75 bits per heavy atom. The second kappa shape index (κ2) is 7.24. The van der Waals surface area contributed by atoms with Crippen LogP contribution in [0.2, 0.25) is 0 Å². The van der Waals surface area contributed by atoms with Gasteiger partial charge in [-0.1, -0.05) is 12.1 Å². The van der Waals surface area contributed by atoms with Crippen LogP contribution in [0.1, 0.15) is 16.8 Å². The highest BCUT2D eigenvalue weighted by molar-refractivity contribution is 5.58. The maximum atomic E-state index is 12.6. The zero-order valence-electron chi connectivity index (χ0n) is 15.1. The molecule has 3 N–H and O–H groups in total. The van der Waals surface area contributed by atoms with Gasteiger partial charge in [0.15, 0.2) is 0 Å². The number of aromatic nitrogens is 2. The van der Waals surface area contributed by atoms with Crippen molar-refractivity contribution in [2.75, 3.05) is 12.3 Å². The number of nitrogens with one attached hydrogen (secondary N) is 1. The molecule has 0 atom stereocenters. The number of anilines is 1. The summed E-state index contributed by atoms with van der Waals surface area (Å²) in [6, 6.07) is 13.8. The van der Waals surface area contributed by atoms with Crippen LogP contribution in [0.15, 0.2) is 53.3 Å². The standard InChI is InChI=1S/C20H19N5O3/c21-15-6-4-14(5-7-15)19-22-18-8-9-24(12-17(18)20(26)23-19)11-13-2-1-3-16(10-13)25(27)28/h1-7,10H,8-9,11-12,21H2,(H,22,23,26). The third kappa shape index (κ3) is 3.63. The van der Waals surface area contributed by atoms with Gasteiger partial charge in [0.2, 0.25) is 0 Å². The van der Waals surface area contributed by atoms with Crippen LogP contribution in [0.25, 0.3) is 11.4 Å². The van der Waals surface area contributed by atoms with Crippen molar-refractivity contribution in [3.05, 3.63) is 85.8 Å². The molecule has 3 aromatic rings. The van der Waals surface area contributed by atoms with Gasteiger partial charge in [0.25, 0.3) is 11.2 Å². The summed E-state index contributed by atoms with van der Waals surface area (Å²) in [4.78, 5) is 32.8. The maximum Gasteiger partial charge on any atom is 0.269 e. The number of H-pyrrole nitrogens is 1. The number of rotatable bonds is 4. The van der Waals surface area contributed by atoms with Crippen molar-refractivity contribution in [1.29, 1.82) is 0 Å².